The summed E-state index contributed by atoms with van der Waals surface area (Å²) in [6.45, 7) is 1.40. The summed E-state index contributed by atoms with van der Waals surface area (Å²) in [5.74, 6) is -0.110. The van der Waals surface area contributed by atoms with Gasteiger partial charge in [-0.1, -0.05) is 0 Å². The maximum Gasteiger partial charge on any atom is 0.311 e. The van der Waals surface area contributed by atoms with Gasteiger partial charge in [-0.3, -0.25) is 4.79 Å². The third-order valence-electron chi connectivity index (χ3n) is 4.13. The molecule has 134 valence electrons. The fraction of sp³-hybridized carbons (Fsp3) is 0.438. The molecular weight excluding hydrogens is 344 g/mol. The molecular formula is C16H20N4O4S. The number of rotatable bonds is 4. The van der Waals surface area contributed by atoms with Gasteiger partial charge in [-0.2, -0.15) is 0 Å². The number of likely N-dealkylation sites (tertiary alicyclic amines) is 1. The van der Waals surface area contributed by atoms with Crippen molar-refractivity contribution in [1.29, 1.82) is 0 Å². The van der Waals surface area contributed by atoms with Crippen molar-refractivity contribution in [2.24, 2.45) is 0 Å². The first-order valence-electron chi connectivity index (χ1n) is 8.05. The van der Waals surface area contributed by atoms with Gasteiger partial charge in [-0.25, -0.2) is 12.7 Å². The molecule has 0 radical (unpaired) electrons. The number of piperidine rings is 1. The Bertz CT molecular complexity index is 853. The Morgan fingerprint density at radius 3 is 2.32 bits per heavy atom. The fourth-order valence-corrected chi connectivity index (χ4v) is 3.54. The summed E-state index contributed by atoms with van der Waals surface area (Å²) in [7, 11) is -0.549. The van der Waals surface area contributed by atoms with Crippen LogP contribution < -0.4 is 0 Å². The summed E-state index contributed by atoms with van der Waals surface area (Å²) in [6, 6.07) is 6.11. The van der Waals surface area contributed by atoms with E-state index < -0.39 is 10.0 Å². The second-order valence-corrected chi connectivity index (χ2v) is 8.23. The van der Waals surface area contributed by atoms with Gasteiger partial charge in [0.15, 0.2) is 0 Å². The van der Waals surface area contributed by atoms with Crippen LogP contribution in [0.4, 0.5) is 0 Å². The van der Waals surface area contributed by atoms with E-state index in [1.54, 1.807) is 17.0 Å². The monoisotopic (exact) mass is 364 g/mol. The second kappa shape index (κ2) is 6.93. The first-order chi connectivity index (χ1) is 11.9. The smallest absolute Gasteiger partial charge is 0.311 e. The lowest BCUT2D eigenvalue weighted by molar-refractivity contribution is 0.0684. The van der Waals surface area contributed by atoms with Gasteiger partial charge in [0, 0.05) is 32.7 Å². The number of carbonyl (C=O) groups is 1. The summed E-state index contributed by atoms with van der Waals surface area (Å²) in [6.07, 6.45) is 3.09. The Labute approximate surface area is 146 Å². The van der Waals surface area contributed by atoms with Gasteiger partial charge in [0.25, 0.3) is 0 Å². The van der Waals surface area contributed by atoms with Crippen LogP contribution in [-0.2, 0) is 10.0 Å². The summed E-state index contributed by atoms with van der Waals surface area (Å²) in [5.41, 5.74) is 0.558. The van der Waals surface area contributed by atoms with Crippen LogP contribution in [0.25, 0.3) is 11.5 Å². The first kappa shape index (κ1) is 17.6. The minimum Gasteiger partial charge on any atom is -0.412 e. The number of carbonyl (C=O) groups excluding carboxylic acids is 1. The average Bonchev–Trinajstić information content (AvgIpc) is 3.12. The van der Waals surface area contributed by atoms with E-state index in [0.717, 1.165) is 23.6 Å². The van der Waals surface area contributed by atoms with Crippen LogP contribution in [0.1, 0.15) is 29.9 Å². The first-order valence-corrected chi connectivity index (χ1v) is 9.49. The number of sulfonamides is 1. The molecule has 3 rings (SSSR count). The summed E-state index contributed by atoms with van der Waals surface area (Å²) >= 11 is 0. The second-order valence-electron chi connectivity index (χ2n) is 6.08. The Morgan fingerprint density at radius 1 is 1.08 bits per heavy atom. The number of hydrogen-bond acceptors (Lipinski definition) is 6. The maximum atomic E-state index is 12.3. The van der Waals surface area contributed by atoms with E-state index in [2.05, 4.69) is 10.2 Å². The zero-order valence-electron chi connectivity index (χ0n) is 14.2. The zero-order chi connectivity index (χ0) is 18.0. The van der Waals surface area contributed by atoms with Gasteiger partial charge >= 0.3 is 11.8 Å². The van der Waals surface area contributed by atoms with Crippen molar-refractivity contribution in [2.75, 3.05) is 27.2 Å². The molecule has 2 heterocycles. The van der Waals surface area contributed by atoms with Crippen LogP contribution in [-0.4, -0.2) is 60.9 Å². The van der Waals surface area contributed by atoms with Gasteiger partial charge in [0.2, 0.25) is 15.9 Å². The molecule has 0 saturated carbocycles. The van der Waals surface area contributed by atoms with Crippen LogP contribution in [0.3, 0.4) is 0 Å². The molecule has 8 nitrogen and oxygen atoms in total. The highest BCUT2D eigenvalue weighted by Gasteiger charge is 2.24. The molecule has 1 aliphatic heterocycles. The lowest BCUT2D eigenvalue weighted by Gasteiger charge is -2.24. The molecule has 9 heteroatoms. The molecule has 1 aromatic heterocycles. The molecule has 1 saturated heterocycles. The molecule has 1 amide bonds. The highest BCUT2D eigenvalue weighted by Crippen LogP contribution is 2.22. The highest BCUT2D eigenvalue weighted by atomic mass is 32.2. The molecule has 2 aromatic rings. The average molecular weight is 364 g/mol. The van der Waals surface area contributed by atoms with Gasteiger partial charge in [0.1, 0.15) is 0 Å². The number of aromatic nitrogens is 2. The van der Waals surface area contributed by atoms with E-state index in [1.165, 1.54) is 26.2 Å². The summed E-state index contributed by atoms with van der Waals surface area (Å²) in [5, 5.41) is 7.74. The van der Waals surface area contributed by atoms with Crippen molar-refractivity contribution in [3.05, 3.63) is 30.2 Å². The normalized spacial score (nSPS) is 15.6. The number of hydrogen-bond donors (Lipinski definition) is 0. The Balaban J connectivity index is 1.79. The maximum absolute atomic E-state index is 12.3. The van der Waals surface area contributed by atoms with Crippen LogP contribution in [0.5, 0.6) is 0 Å². The zero-order valence-corrected chi connectivity index (χ0v) is 15.0. The van der Waals surface area contributed by atoms with Crippen LogP contribution >= 0.6 is 0 Å². The van der Waals surface area contributed by atoms with Crippen molar-refractivity contribution < 1.29 is 17.6 Å². The van der Waals surface area contributed by atoms with E-state index in [0.29, 0.717) is 18.7 Å². The van der Waals surface area contributed by atoms with Crippen LogP contribution in [0.15, 0.2) is 33.6 Å². The summed E-state index contributed by atoms with van der Waals surface area (Å²) in [4.78, 5) is 14.2. The molecule has 1 aliphatic rings. The van der Waals surface area contributed by atoms with Crippen molar-refractivity contribution in [3.8, 4) is 11.5 Å². The highest BCUT2D eigenvalue weighted by molar-refractivity contribution is 7.89. The summed E-state index contributed by atoms with van der Waals surface area (Å²) < 4.78 is 30.8. The van der Waals surface area contributed by atoms with Crippen LogP contribution in [0.2, 0.25) is 0 Å². The van der Waals surface area contributed by atoms with Crippen molar-refractivity contribution >= 4 is 15.9 Å². The Kier molecular flexibility index (Phi) is 4.87. The largest absolute Gasteiger partial charge is 0.412 e. The van der Waals surface area contributed by atoms with Crippen molar-refractivity contribution in [3.63, 3.8) is 0 Å². The molecule has 25 heavy (non-hydrogen) atoms. The molecule has 0 atom stereocenters. The molecule has 0 N–H and O–H groups in total. The topological polar surface area (TPSA) is 96.6 Å². The van der Waals surface area contributed by atoms with E-state index in [1.807, 2.05) is 0 Å². The third-order valence-corrected chi connectivity index (χ3v) is 5.96. The van der Waals surface area contributed by atoms with E-state index in [4.69, 9.17) is 4.42 Å². The molecule has 1 aromatic carbocycles. The minimum absolute atomic E-state index is 0.0399. The van der Waals surface area contributed by atoms with Crippen LogP contribution in [0, 0.1) is 0 Å². The minimum atomic E-state index is -3.49. The van der Waals surface area contributed by atoms with E-state index in [9.17, 15) is 13.2 Å². The van der Waals surface area contributed by atoms with Crippen molar-refractivity contribution in [2.45, 2.75) is 24.2 Å². The Morgan fingerprint density at radius 2 is 1.72 bits per heavy atom. The lowest BCUT2D eigenvalue weighted by atomic mass is 10.1. The quantitative estimate of drug-likeness (QED) is 0.818. The van der Waals surface area contributed by atoms with Gasteiger partial charge < -0.3 is 9.32 Å². The molecule has 1 fully saturated rings. The lowest BCUT2D eigenvalue weighted by Crippen LogP contribution is -2.35. The molecule has 0 bridgehead atoms. The third kappa shape index (κ3) is 3.57. The molecule has 0 aliphatic carbocycles. The number of benzene rings is 1. The van der Waals surface area contributed by atoms with E-state index in [-0.39, 0.29) is 22.6 Å². The standard InChI is InChI=1S/C16H20N4O4S/c1-19(2)25(22,23)13-8-6-12(7-9-13)14-17-18-15(24-14)16(21)20-10-4-3-5-11-20/h6-9H,3-5,10-11H2,1-2H3. The van der Waals surface area contributed by atoms with Gasteiger partial charge in [-0.15, -0.1) is 10.2 Å². The van der Waals surface area contributed by atoms with Gasteiger partial charge in [-0.05, 0) is 43.5 Å². The molecule has 0 spiro atoms. The predicted molar refractivity (Wildman–Crippen MR) is 90.4 cm³/mol. The van der Waals surface area contributed by atoms with Crippen molar-refractivity contribution in [1.82, 2.24) is 19.4 Å². The predicted octanol–water partition coefficient (Wildman–Crippen LogP) is 1.61. The number of amides is 1. The molecule has 0 unspecified atom stereocenters. The fourth-order valence-electron chi connectivity index (χ4n) is 2.64. The number of nitrogens with zero attached hydrogens (tertiary/aromatic N) is 4. The Hall–Kier alpha value is -2.26. The SMILES string of the molecule is CN(C)S(=O)(=O)c1ccc(-c2nnc(C(=O)N3CCCCC3)o2)cc1. The van der Waals surface area contributed by atoms with E-state index >= 15 is 0 Å². The van der Waals surface area contributed by atoms with Gasteiger partial charge in [0.05, 0.1) is 4.90 Å².